The Kier molecular flexibility index (Phi) is 8.00. The van der Waals surface area contributed by atoms with Crippen molar-refractivity contribution in [3.8, 4) is 0 Å². The molecule has 32 heavy (non-hydrogen) atoms. The molecule has 0 aliphatic rings. The van der Waals surface area contributed by atoms with Gasteiger partial charge in [-0.2, -0.15) is 0 Å². The van der Waals surface area contributed by atoms with Crippen LogP contribution in [0.4, 0.5) is 16.2 Å². The van der Waals surface area contributed by atoms with Gasteiger partial charge in [0.05, 0.1) is 0 Å². The van der Waals surface area contributed by atoms with Gasteiger partial charge in [0.2, 0.25) is 0 Å². The summed E-state index contributed by atoms with van der Waals surface area (Å²) in [4.78, 5) is 31.4. The van der Waals surface area contributed by atoms with E-state index in [1.54, 1.807) is 41.1 Å². The Balaban J connectivity index is 1.72. The highest BCUT2D eigenvalue weighted by molar-refractivity contribution is 6.06. The van der Waals surface area contributed by atoms with Crippen LogP contribution in [-0.2, 0) is 6.54 Å². The fourth-order valence-electron chi connectivity index (χ4n) is 3.27. The molecule has 6 heteroatoms. The first-order valence-electron chi connectivity index (χ1n) is 10.6. The van der Waals surface area contributed by atoms with Crippen molar-refractivity contribution in [3.05, 3.63) is 96.1 Å². The Bertz CT molecular complexity index is 1020. The van der Waals surface area contributed by atoms with Crippen molar-refractivity contribution in [2.24, 2.45) is 0 Å². The molecule has 3 rings (SSSR count). The molecule has 0 unspecified atom stereocenters. The van der Waals surface area contributed by atoms with Crippen LogP contribution in [0, 0.1) is 0 Å². The summed E-state index contributed by atoms with van der Waals surface area (Å²) in [5, 5.41) is 2.96. The number of anilines is 2. The first-order chi connectivity index (χ1) is 15.4. The zero-order valence-electron chi connectivity index (χ0n) is 18.9. The zero-order valence-corrected chi connectivity index (χ0v) is 18.9. The van der Waals surface area contributed by atoms with Crippen LogP contribution in [-0.4, -0.2) is 56.0 Å². The van der Waals surface area contributed by atoms with Crippen LogP contribution in [0.25, 0.3) is 0 Å². The fourth-order valence-corrected chi connectivity index (χ4v) is 3.27. The van der Waals surface area contributed by atoms with Crippen LogP contribution in [0.1, 0.15) is 15.9 Å². The summed E-state index contributed by atoms with van der Waals surface area (Å²) < 4.78 is 0. The summed E-state index contributed by atoms with van der Waals surface area (Å²) in [6, 6.07) is 26.2. The SMILES string of the molecule is CN(C)CCN(Cc1ccccc1)C(=O)Nc1cccc(C(=O)N(C)c2ccccc2)c1. The summed E-state index contributed by atoms with van der Waals surface area (Å²) >= 11 is 0. The number of rotatable bonds is 8. The first kappa shape index (κ1) is 23.0. The number of urea groups is 1. The van der Waals surface area contributed by atoms with Gasteiger partial charge >= 0.3 is 6.03 Å². The minimum atomic E-state index is -0.197. The highest BCUT2D eigenvalue weighted by Gasteiger charge is 2.17. The Labute approximate surface area is 190 Å². The Hall–Kier alpha value is -3.64. The van der Waals surface area contributed by atoms with Crippen molar-refractivity contribution in [2.75, 3.05) is 44.4 Å². The topological polar surface area (TPSA) is 55.9 Å². The summed E-state index contributed by atoms with van der Waals surface area (Å²) in [6.45, 7) is 1.85. The predicted molar refractivity (Wildman–Crippen MR) is 130 cm³/mol. The van der Waals surface area contributed by atoms with E-state index in [-0.39, 0.29) is 11.9 Å². The van der Waals surface area contributed by atoms with Crippen molar-refractivity contribution in [1.29, 1.82) is 0 Å². The van der Waals surface area contributed by atoms with Crippen molar-refractivity contribution in [3.63, 3.8) is 0 Å². The van der Waals surface area contributed by atoms with Gasteiger partial charge in [-0.1, -0.05) is 54.6 Å². The molecule has 0 atom stereocenters. The van der Waals surface area contributed by atoms with Gasteiger partial charge in [-0.3, -0.25) is 4.79 Å². The molecule has 0 aliphatic heterocycles. The molecule has 1 N–H and O–H groups in total. The molecule has 0 spiro atoms. The molecule has 3 amide bonds. The molecule has 3 aromatic rings. The average Bonchev–Trinajstić information content (AvgIpc) is 2.82. The lowest BCUT2D eigenvalue weighted by atomic mass is 10.1. The van der Waals surface area contributed by atoms with E-state index in [2.05, 4.69) is 5.32 Å². The van der Waals surface area contributed by atoms with Gasteiger partial charge in [0.25, 0.3) is 5.91 Å². The number of nitrogens with zero attached hydrogens (tertiary/aromatic N) is 3. The zero-order chi connectivity index (χ0) is 22.9. The predicted octanol–water partition coefficient (Wildman–Crippen LogP) is 4.56. The summed E-state index contributed by atoms with van der Waals surface area (Å²) in [7, 11) is 5.71. The van der Waals surface area contributed by atoms with Crippen LogP contribution >= 0.6 is 0 Å². The van der Waals surface area contributed by atoms with Crippen LogP contribution in [0.5, 0.6) is 0 Å². The van der Waals surface area contributed by atoms with E-state index in [9.17, 15) is 9.59 Å². The average molecular weight is 431 g/mol. The second-order valence-electron chi connectivity index (χ2n) is 7.92. The van der Waals surface area contributed by atoms with Gasteiger partial charge in [0.15, 0.2) is 0 Å². The van der Waals surface area contributed by atoms with E-state index >= 15 is 0 Å². The smallest absolute Gasteiger partial charge is 0.319 e. The number of benzene rings is 3. The molecule has 0 bridgehead atoms. The van der Waals surface area contributed by atoms with Crippen molar-refractivity contribution < 1.29 is 9.59 Å². The molecular formula is C26H30N4O2. The second kappa shape index (κ2) is 11.1. The maximum atomic E-state index is 13.1. The normalized spacial score (nSPS) is 10.6. The summed E-state index contributed by atoms with van der Waals surface area (Å²) in [6.07, 6.45) is 0. The van der Waals surface area contributed by atoms with E-state index in [0.717, 1.165) is 17.8 Å². The number of nitrogens with one attached hydrogen (secondary N) is 1. The number of hydrogen-bond acceptors (Lipinski definition) is 3. The van der Waals surface area contributed by atoms with Gasteiger partial charge in [-0.05, 0) is 50.0 Å². The molecule has 3 aromatic carbocycles. The van der Waals surface area contributed by atoms with E-state index < -0.39 is 0 Å². The van der Waals surface area contributed by atoms with E-state index in [4.69, 9.17) is 0 Å². The van der Waals surface area contributed by atoms with Gasteiger partial charge in [-0.25, -0.2) is 4.79 Å². The van der Waals surface area contributed by atoms with Gasteiger partial charge in [0, 0.05) is 43.6 Å². The Morgan fingerprint density at radius 2 is 1.44 bits per heavy atom. The lowest BCUT2D eigenvalue weighted by molar-refractivity contribution is 0.0993. The van der Waals surface area contributed by atoms with Gasteiger partial charge < -0.3 is 20.0 Å². The molecule has 0 aliphatic carbocycles. The maximum absolute atomic E-state index is 13.1. The maximum Gasteiger partial charge on any atom is 0.322 e. The monoisotopic (exact) mass is 430 g/mol. The van der Waals surface area contributed by atoms with Gasteiger partial charge in [-0.15, -0.1) is 0 Å². The molecule has 0 fully saturated rings. The van der Waals surface area contributed by atoms with E-state index in [0.29, 0.717) is 24.3 Å². The number of carbonyl (C=O) groups excluding carboxylic acids is 2. The Morgan fingerprint density at radius 1 is 0.781 bits per heavy atom. The van der Waals surface area contributed by atoms with Crippen LogP contribution < -0.4 is 10.2 Å². The van der Waals surface area contributed by atoms with Crippen LogP contribution in [0.3, 0.4) is 0 Å². The highest BCUT2D eigenvalue weighted by Crippen LogP contribution is 2.18. The van der Waals surface area contributed by atoms with Gasteiger partial charge in [0.1, 0.15) is 0 Å². The largest absolute Gasteiger partial charge is 0.322 e. The molecule has 0 aromatic heterocycles. The lowest BCUT2D eigenvalue weighted by Crippen LogP contribution is -2.39. The number of para-hydroxylation sites is 1. The molecular weight excluding hydrogens is 400 g/mol. The minimum Gasteiger partial charge on any atom is -0.319 e. The molecule has 0 saturated heterocycles. The third kappa shape index (κ3) is 6.43. The molecule has 6 nitrogen and oxygen atoms in total. The fraction of sp³-hybridized carbons (Fsp3) is 0.231. The highest BCUT2D eigenvalue weighted by atomic mass is 16.2. The quantitative estimate of drug-likeness (QED) is 0.570. The standard InChI is InChI=1S/C26H30N4O2/c1-28(2)17-18-30(20-21-11-6-4-7-12-21)26(32)27-23-14-10-13-22(19-23)25(31)29(3)24-15-8-5-9-16-24/h4-16,19H,17-18,20H2,1-3H3,(H,27,32). The minimum absolute atomic E-state index is 0.138. The first-order valence-corrected chi connectivity index (χ1v) is 10.6. The van der Waals surface area contributed by atoms with Crippen LogP contribution in [0.2, 0.25) is 0 Å². The van der Waals surface area contributed by atoms with Crippen molar-refractivity contribution in [1.82, 2.24) is 9.80 Å². The number of likely N-dealkylation sites (N-methyl/N-ethyl adjacent to an activating group) is 1. The molecule has 166 valence electrons. The third-order valence-electron chi connectivity index (χ3n) is 5.13. The molecule has 0 saturated carbocycles. The number of amides is 3. The summed E-state index contributed by atoms with van der Waals surface area (Å²) in [5.41, 5.74) is 2.97. The van der Waals surface area contributed by atoms with Crippen LogP contribution in [0.15, 0.2) is 84.9 Å². The lowest BCUT2D eigenvalue weighted by Gasteiger charge is -2.25. The van der Waals surface area contributed by atoms with E-state index in [1.807, 2.05) is 79.7 Å². The summed E-state index contributed by atoms with van der Waals surface area (Å²) in [5.74, 6) is -0.138. The second-order valence-corrected chi connectivity index (χ2v) is 7.92. The van der Waals surface area contributed by atoms with Crippen molar-refractivity contribution >= 4 is 23.3 Å². The molecule has 0 heterocycles. The Morgan fingerprint density at radius 3 is 2.09 bits per heavy atom. The number of carbonyl (C=O) groups is 2. The third-order valence-corrected chi connectivity index (χ3v) is 5.13. The molecule has 0 radical (unpaired) electrons. The van der Waals surface area contributed by atoms with E-state index in [1.165, 1.54) is 0 Å². The van der Waals surface area contributed by atoms with Crippen molar-refractivity contribution in [2.45, 2.75) is 6.54 Å². The number of hydrogen-bond donors (Lipinski definition) is 1.